The Hall–Kier alpha value is -1.82. The number of benzene rings is 2. The van der Waals surface area contributed by atoms with Gasteiger partial charge in [-0.2, -0.15) is 0 Å². The highest BCUT2D eigenvalue weighted by Gasteiger charge is 2.21. The van der Waals surface area contributed by atoms with Crippen LogP contribution in [-0.2, 0) is 0 Å². The predicted octanol–water partition coefficient (Wildman–Crippen LogP) is 7.51. The lowest BCUT2D eigenvalue weighted by molar-refractivity contribution is 0.789. The van der Waals surface area contributed by atoms with Crippen LogP contribution in [-0.4, -0.2) is 0 Å². The fourth-order valence-corrected chi connectivity index (χ4v) is 3.62. The Kier molecular flexibility index (Phi) is 4.91. The zero-order chi connectivity index (χ0) is 18.3. The van der Waals surface area contributed by atoms with Gasteiger partial charge >= 0.3 is 0 Å². The molecule has 1 aliphatic carbocycles. The van der Waals surface area contributed by atoms with Crippen molar-refractivity contribution in [3.63, 3.8) is 0 Å². The Balaban J connectivity index is 2.23. The molecule has 131 valence electrons. The highest BCUT2D eigenvalue weighted by molar-refractivity contribution is 5.85. The van der Waals surface area contributed by atoms with E-state index in [1.54, 1.807) is 0 Å². The monoisotopic (exact) mass is 331 g/mol. The molecule has 0 fully saturated rings. The Bertz CT molecular complexity index is 790. The molecule has 0 heteroatoms. The molecular weight excluding hydrogens is 300 g/mol. The quantitative estimate of drug-likeness (QED) is 0.543. The second-order valence-electron chi connectivity index (χ2n) is 8.40. The van der Waals surface area contributed by atoms with E-state index in [0.29, 0.717) is 17.8 Å². The first-order chi connectivity index (χ1) is 11.8. The molecule has 0 nitrogen and oxygen atoms in total. The van der Waals surface area contributed by atoms with Gasteiger partial charge in [-0.25, -0.2) is 0 Å². The van der Waals surface area contributed by atoms with Crippen LogP contribution >= 0.6 is 0 Å². The molecular formula is C25H31. The summed E-state index contributed by atoms with van der Waals surface area (Å²) in [5.74, 6) is 1.65. The Morgan fingerprint density at radius 3 is 1.84 bits per heavy atom. The van der Waals surface area contributed by atoms with Crippen LogP contribution in [0.2, 0.25) is 0 Å². The lowest BCUT2D eigenvalue weighted by Gasteiger charge is -2.18. The molecule has 3 rings (SSSR count). The molecule has 0 N–H and O–H groups in total. The normalized spacial score (nSPS) is 13.8. The van der Waals surface area contributed by atoms with E-state index in [1.165, 1.54) is 44.5 Å². The van der Waals surface area contributed by atoms with Crippen LogP contribution in [0.4, 0.5) is 0 Å². The van der Waals surface area contributed by atoms with E-state index in [2.05, 4.69) is 91.3 Å². The fraction of sp³-hybridized carbons (Fsp3) is 0.400. The Morgan fingerprint density at radius 2 is 1.32 bits per heavy atom. The Labute approximate surface area is 154 Å². The van der Waals surface area contributed by atoms with Crippen molar-refractivity contribution in [2.45, 2.75) is 60.3 Å². The summed E-state index contributed by atoms with van der Waals surface area (Å²) in [6.45, 7) is 15.9. The molecule has 0 amide bonds. The van der Waals surface area contributed by atoms with Gasteiger partial charge in [0.25, 0.3) is 0 Å². The Morgan fingerprint density at radius 1 is 0.720 bits per heavy atom. The number of aryl methyl sites for hydroxylation is 1. The van der Waals surface area contributed by atoms with E-state index in [4.69, 9.17) is 0 Å². The van der Waals surface area contributed by atoms with Gasteiger partial charge in [0, 0.05) is 6.42 Å². The predicted molar refractivity (Wildman–Crippen MR) is 111 cm³/mol. The molecule has 0 unspecified atom stereocenters. The van der Waals surface area contributed by atoms with E-state index >= 15 is 0 Å². The van der Waals surface area contributed by atoms with E-state index in [9.17, 15) is 0 Å². The minimum Gasteiger partial charge on any atom is -0.0590 e. The third kappa shape index (κ3) is 3.45. The molecule has 2 aromatic rings. The van der Waals surface area contributed by atoms with Gasteiger partial charge in [-0.05, 0) is 63.6 Å². The summed E-state index contributed by atoms with van der Waals surface area (Å²) in [5.41, 5.74) is 11.2. The van der Waals surface area contributed by atoms with E-state index in [-0.39, 0.29) is 0 Å². The third-order valence-corrected chi connectivity index (χ3v) is 5.39. The number of rotatable bonds is 4. The molecule has 0 atom stereocenters. The SMILES string of the molecule is Cc1ccc2c(c1-c1cc(C(C)C)cc(C(C)C)c1)C=C(C(C)C)[CH]2. The van der Waals surface area contributed by atoms with Gasteiger partial charge in [0.15, 0.2) is 0 Å². The zero-order valence-electron chi connectivity index (χ0n) is 16.8. The zero-order valence-corrected chi connectivity index (χ0v) is 16.8. The maximum Gasteiger partial charge on any atom is 0.0167 e. The average molecular weight is 332 g/mol. The standard InChI is InChI=1S/C25H31/c1-15(2)20-11-21(16(3)4)13-23(12-20)25-18(7)8-9-19-10-22(17(5)6)14-24(19)25/h8-17H,1-7H3. The van der Waals surface area contributed by atoms with Crippen LogP contribution in [0, 0.1) is 19.3 Å². The van der Waals surface area contributed by atoms with Crippen molar-refractivity contribution in [2.75, 3.05) is 0 Å². The molecule has 0 spiro atoms. The van der Waals surface area contributed by atoms with E-state index in [1.807, 2.05) is 0 Å². The summed E-state index contributed by atoms with van der Waals surface area (Å²) in [6, 6.07) is 11.7. The molecule has 0 heterocycles. The first-order valence-corrected chi connectivity index (χ1v) is 9.63. The molecule has 2 aromatic carbocycles. The van der Waals surface area contributed by atoms with Gasteiger partial charge in [-0.3, -0.25) is 0 Å². The fourth-order valence-electron chi connectivity index (χ4n) is 3.62. The van der Waals surface area contributed by atoms with Crippen molar-refractivity contribution in [3.8, 4) is 11.1 Å². The lowest BCUT2D eigenvalue weighted by atomic mass is 9.87. The molecule has 1 aliphatic rings. The molecule has 0 saturated heterocycles. The number of hydrogen-bond donors (Lipinski definition) is 0. The molecule has 0 aliphatic heterocycles. The lowest BCUT2D eigenvalue weighted by Crippen LogP contribution is -1.97. The van der Waals surface area contributed by atoms with Crippen LogP contribution in [0.25, 0.3) is 17.2 Å². The average Bonchev–Trinajstić information content (AvgIpc) is 2.98. The molecule has 0 saturated carbocycles. The number of hydrogen-bond acceptors (Lipinski definition) is 0. The number of fused-ring (bicyclic) bond motifs is 1. The summed E-state index contributed by atoms with van der Waals surface area (Å²) in [7, 11) is 0. The van der Waals surface area contributed by atoms with Crippen molar-refractivity contribution >= 4 is 6.08 Å². The smallest absolute Gasteiger partial charge is 0.0167 e. The van der Waals surface area contributed by atoms with Crippen LogP contribution in [0.3, 0.4) is 0 Å². The second kappa shape index (κ2) is 6.83. The van der Waals surface area contributed by atoms with Gasteiger partial charge in [-0.15, -0.1) is 0 Å². The van der Waals surface area contributed by atoms with E-state index in [0.717, 1.165) is 0 Å². The van der Waals surface area contributed by atoms with Gasteiger partial charge in [-0.1, -0.05) is 83.5 Å². The highest BCUT2D eigenvalue weighted by atomic mass is 14.2. The van der Waals surface area contributed by atoms with Gasteiger partial charge in [0.1, 0.15) is 0 Å². The summed E-state index contributed by atoms with van der Waals surface area (Å²) < 4.78 is 0. The first kappa shape index (κ1) is 18.0. The van der Waals surface area contributed by atoms with Gasteiger partial charge < -0.3 is 0 Å². The van der Waals surface area contributed by atoms with Crippen molar-refractivity contribution < 1.29 is 0 Å². The largest absolute Gasteiger partial charge is 0.0590 e. The summed E-state index contributed by atoms with van der Waals surface area (Å²) in [6.07, 6.45) is 4.76. The van der Waals surface area contributed by atoms with E-state index < -0.39 is 0 Å². The topological polar surface area (TPSA) is 0 Å². The summed E-state index contributed by atoms with van der Waals surface area (Å²) in [5, 5.41) is 0. The molecule has 0 bridgehead atoms. The van der Waals surface area contributed by atoms with Crippen LogP contribution in [0.5, 0.6) is 0 Å². The maximum absolute atomic E-state index is 2.40. The van der Waals surface area contributed by atoms with Gasteiger partial charge in [0.2, 0.25) is 0 Å². The summed E-state index contributed by atoms with van der Waals surface area (Å²) >= 11 is 0. The van der Waals surface area contributed by atoms with Gasteiger partial charge in [0.05, 0.1) is 0 Å². The molecule has 1 radical (unpaired) electrons. The molecule has 25 heavy (non-hydrogen) atoms. The summed E-state index contributed by atoms with van der Waals surface area (Å²) in [4.78, 5) is 0. The van der Waals surface area contributed by atoms with Crippen LogP contribution < -0.4 is 0 Å². The maximum atomic E-state index is 2.40. The van der Waals surface area contributed by atoms with Crippen molar-refractivity contribution in [1.82, 2.24) is 0 Å². The number of allylic oxidation sites excluding steroid dienone is 1. The highest BCUT2D eigenvalue weighted by Crippen LogP contribution is 2.40. The molecule has 0 aromatic heterocycles. The second-order valence-corrected chi connectivity index (χ2v) is 8.40. The third-order valence-electron chi connectivity index (χ3n) is 5.39. The van der Waals surface area contributed by atoms with Crippen molar-refractivity contribution in [3.05, 3.63) is 70.1 Å². The van der Waals surface area contributed by atoms with Crippen molar-refractivity contribution in [2.24, 2.45) is 5.92 Å². The van der Waals surface area contributed by atoms with Crippen LogP contribution in [0.1, 0.15) is 81.2 Å². The van der Waals surface area contributed by atoms with Crippen LogP contribution in [0.15, 0.2) is 35.9 Å². The first-order valence-electron chi connectivity index (χ1n) is 9.63. The minimum absolute atomic E-state index is 0.544. The minimum atomic E-state index is 0.544. The van der Waals surface area contributed by atoms with Crippen molar-refractivity contribution in [1.29, 1.82) is 0 Å².